The average Bonchev–Trinajstić information content (AvgIpc) is 3.15. The number of aliphatic imine (C=N–C) groups is 1. The first-order chi connectivity index (χ1) is 13.3. The van der Waals surface area contributed by atoms with Gasteiger partial charge in [-0.25, -0.2) is 0 Å². The summed E-state index contributed by atoms with van der Waals surface area (Å²) in [5, 5.41) is 13.7. The van der Waals surface area contributed by atoms with E-state index in [1.54, 1.807) is 0 Å². The van der Waals surface area contributed by atoms with Gasteiger partial charge in [-0.3, -0.25) is 24.2 Å². The van der Waals surface area contributed by atoms with Gasteiger partial charge in [0.1, 0.15) is 12.3 Å². The standard InChI is InChI=1S/C18H24N4O6/c1-11-4-5-19-8-13(11)17(27)20-9-15(24)22-6-2-3-14(22)18(28)21-12(10-23)7-16(25)26/h8,10,12,14H,2-7,9H2,1H3,(H,20,27)(H,21,28)(H,25,26)/t12-,14?/m0/s1. The second kappa shape index (κ2) is 9.77. The molecular formula is C18H24N4O6. The van der Waals surface area contributed by atoms with Crippen LogP contribution in [0.5, 0.6) is 0 Å². The van der Waals surface area contributed by atoms with Crippen LogP contribution in [0.1, 0.15) is 32.6 Å². The lowest BCUT2D eigenvalue weighted by atomic mass is 10.0. The predicted molar refractivity (Wildman–Crippen MR) is 98.7 cm³/mol. The van der Waals surface area contributed by atoms with Crippen molar-refractivity contribution in [2.24, 2.45) is 4.99 Å². The minimum atomic E-state index is -1.21. The molecule has 28 heavy (non-hydrogen) atoms. The highest BCUT2D eigenvalue weighted by atomic mass is 16.4. The molecule has 0 aromatic rings. The second-order valence-electron chi connectivity index (χ2n) is 6.76. The molecular weight excluding hydrogens is 368 g/mol. The minimum Gasteiger partial charge on any atom is -0.481 e. The molecule has 1 unspecified atom stereocenters. The van der Waals surface area contributed by atoms with E-state index in [-0.39, 0.29) is 6.54 Å². The van der Waals surface area contributed by atoms with Crippen LogP contribution in [0.3, 0.4) is 0 Å². The Hall–Kier alpha value is -3.04. The van der Waals surface area contributed by atoms with Crippen LogP contribution in [0, 0.1) is 0 Å². The third-order valence-electron chi connectivity index (χ3n) is 4.70. The summed E-state index contributed by atoms with van der Waals surface area (Å²) in [5.41, 5.74) is 1.34. The molecule has 0 radical (unpaired) electrons. The van der Waals surface area contributed by atoms with Crippen molar-refractivity contribution < 1.29 is 29.1 Å². The number of carbonyl (C=O) groups is 5. The number of aldehydes is 1. The van der Waals surface area contributed by atoms with Gasteiger partial charge in [-0.15, -0.1) is 0 Å². The monoisotopic (exact) mass is 392 g/mol. The van der Waals surface area contributed by atoms with Crippen molar-refractivity contribution in [1.82, 2.24) is 15.5 Å². The first-order valence-corrected chi connectivity index (χ1v) is 9.08. The summed E-state index contributed by atoms with van der Waals surface area (Å²) < 4.78 is 0. The smallest absolute Gasteiger partial charge is 0.305 e. The highest BCUT2D eigenvalue weighted by Crippen LogP contribution is 2.18. The van der Waals surface area contributed by atoms with Crippen LogP contribution in [0.25, 0.3) is 0 Å². The molecule has 2 rings (SSSR count). The summed E-state index contributed by atoms with van der Waals surface area (Å²) in [6.45, 7) is 2.55. The number of carbonyl (C=O) groups excluding carboxylic acids is 4. The third kappa shape index (κ3) is 5.48. The van der Waals surface area contributed by atoms with Crippen LogP contribution in [-0.4, -0.2) is 77.9 Å². The van der Waals surface area contributed by atoms with Crippen LogP contribution in [-0.2, 0) is 24.0 Å². The third-order valence-corrected chi connectivity index (χ3v) is 4.70. The highest BCUT2D eigenvalue weighted by molar-refractivity contribution is 6.13. The van der Waals surface area contributed by atoms with Gasteiger partial charge in [-0.05, 0) is 26.2 Å². The van der Waals surface area contributed by atoms with E-state index >= 15 is 0 Å². The molecule has 2 aliphatic heterocycles. The van der Waals surface area contributed by atoms with Crippen molar-refractivity contribution in [3.8, 4) is 0 Å². The Morgan fingerprint density at radius 1 is 1.39 bits per heavy atom. The van der Waals surface area contributed by atoms with Gasteiger partial charge in [0.2, 0.25) is 11.8 Å². The molecule has 0 spiro atoms. The number of nitrogens with zero attached hydrogens (tertiary/aromatic N) is 2. The zero-order valence-electron chi connectivity index (χ0n) is 15.6. The Kier molecular flexibility index (Phi) is 7.42. The van der Waals surface area contributed by atoms with Gasteiger partial charge in [0.05, 0.1) is 24.6 Å². The number of dihydropyridines is 1. The molecule has 3 amide bonds. The van der Waals surface area contributed by atoms with Gasteiger partial charge >= 0.3 is 5.97 Å². The van der Waals surface area contributed by atoms with Crippen molar-refractivity contribution in [3.63, 3.8) is 0 Å². The van der Waals surface area contributed by atoms with Crippen molar-refractivity contribution >= 4 is 36.2 Å². The van der Waals surface area contributed by atoms with E-state index in [1.807, 2.05) is 6.92 Å². The van der Waals surface area contributed by atoms with E-state index in [9.17, 15) is 24.0 Å². The Labute approximate surface area is 162 Å². The van der Waals surface area contributed by atoms with Gasteiger partial charge in [0.15, 0.2) is 0 Å². The number of hydrogen-bond acceptors (Lipinski definition) is 6. The van der Waals surface area contributed by atoms with Gasteiger partial charge in [0.25, 0.3) is 5.91 Å². The van der Waals surface area contributed by atoms with Crippen LogP contribution in [0.4, 0.5) is 0 Å². The lowest BCUT2D eigenvalue weighted by Crippen LogP contribution is -2.51. The maximum atomic E-state index is 12.5. The molecule has 0 aliphatic carbocycles. The fraction of sp³-hybridized carbons (Fsp3) is 0.556. The van der Waals surface area contributed by atoms with Crippen molar-refractivity contribution in [2.75, 3.05) is 19.6 Å². The molecule has 10 nitrogen and oxygen atoms in total. The Balaban J connectivity index is 1.92. The zero-order chi connectivity index (χ0) is 20.7. The Morgan fingerprint density at radius 3 is 2.79 bits per heavy atom. The molecule has 1 saturated heterocycles. The average molecular weight is 392 g/mol. The fourth-order valence-electron chi connectivity index (χ4n) is 3.18. The number of hydrogen-bond donors (Lipinski definition) is 3. The van der Waals surface area contributed by atoms with Gasteiger partial charge in [-0.2, -0.15) is 0 Å². The van der Waals surface area contributed by atoms with Crippen LogP contribution >= 0.6 is 0 Å². The van der Waals surface area contributed by atoms with Crippen LogP contribution < -0.4 is 10.6 Å². The molecule has 0 bridgehead atoms. The topological polar surface area (TPSA) is 145 Å². The summed E-state index contributed by atoms with van der Waals surface area (Å²) in [6.07, 6.45) is 3.01. The second-order valence-corrected chi connectivity index (χ2v) is 6.76. The number of rotatable bonds is 8. The zero-order valence-corrected chi connectivity index (χ0v) is 15.6. The molecule has 3 N–H and O–H groups in total. The van der Waals surface area contributed by atoms with E-state index in [0.717, 1.165) is 5.57 Å². The number of likely N-dealkylation sites (tertiary alicyclic amines) is 1. The number of amides is 3. The first kappa shape index (κ1) is 21.3. The largest absolute Gasteiger partial charge is 0.481 e. The van der Waals surface area contributed by atoms with Gasteiger partial charge < -0.3 is 25.4 Å². The number of carboxylic acid groups (broad SMARTS) is 1. The lowest BCUT2D eigenvalue weighted by molar-refractivity contribution is -0.141. The fourth-order valence-corrected chi connectivity index (χ4v) is 3.18. The molecule has 1 fully saturated rings. The minimum absolute atomic E-state index is 0.264. The normalized spacial score (nSPS) is 19.9. The van der Waals surface area contributed by atoms with Crippen molar-refractivity contribution in [3.05, 3.63) is 11.1 Å². The molecule has 152 valence electrons. The SMILES string of the molecule is CC1=C(C(=O)NCC(=O)N2CCCC2C(=O)N[C@H](C=O)CC(=O)O)C=NCC1. The van der Waals surface area contributed by atoms with Gasteiger partial charge in [-0.1, -0.05) is 5.57 Å². The summed E-state index contributed by atoms with van der Waals surface area (Å²) in [7, 11) is 0. The Bertz CT molecular complexity index is 730. The molecule has 2 atom stereocenters. The molecule has 2 heterocycles. The van der Waals surface area contributed by atoms with E-state index in [2.05, 4.69) is 15.6 Å². The molecule has 10 heteroatoms. The highest BCUT2D eigenvalue weighted by Gasteiger charge is 2.35. The van der Waals surface area contributed by atoms with Crippen LogP contribution in [0.2, 0.25) is 0 Å². The molecule has 0 aromatic carbocycles. The lowest BCUT2D eigenvalue weighted by Gasteiger charge is -2.25. The van der Waals surface area contributed by atoms with Gasteiger partial charge in [0, 0.05) is 19.3 Å². The summed E-state index contributed by atoms with van der Waals surface area (Å²) in [5.74, 6) is -2.60. The molecule has 0 saturated carbocycles. The maximum absolute atomic E-state index is 12.5. The summed E-state index contributed by atoms with van der Waals surface area (Å²) in [4.78, 5) is 64.1. The van der Waals surface area contributed by atoms with Crippen molar-refractivity contribution in [1.29, 1.82) is 0 Å². The van der Waals surface area contributed by atoms with Crippen LogP contribution in [0.15, 0.2) is 16.1 Å². The molecule has 0 aromatic heterocycles. The number of carboxylic acids is 1. The first-order valence-electron chi connectivity index (χ1n) is 9.08. The summed E-state index contributed by atoms with van der Waals surface area (Å²) >= 11 is 0. The molecule has 2 aliphatic rings. The van der Waals surface area contributed by atoms with Crippen molar-refractivity contribution in [2.45, 2.75) is 44.7 Å². The van der Waals surface area contributed by atoms with E-state index in [4.69, 9.17) is 5.11 Å². The quantitative estimate of drug-likeness (QED) is 0.454. The maximum Gasteiger partial charge on any atom is 0.305 e. The number of aliphatic carboxylic acids is 1. The van der Waals surface area contributed by atoms with E-state index in [0.29, 0.717) is 44.2 Å². The predicted octanol–water partition coefficient (Wildman–Crippen LogP) is -0.957. The van der Waals surface area contributed by atoms with E-state index < -0.39 is 42.2 Å². The Morgan fingerprint density at radius 2 is 2.14 bits per heavy atom. The van der Waals surface area contributed by atoms with E-state index in [1.165, 1.54) is 11.1 Å². The summed E-state index contributed by atoms with van der Waals surface area (Å²) in [6, 6.07) is -1.94. The number of nitrogens with one attached hydrogen (secondary N) is 2.